The van der Waals surface area contributed by atoms with Crippen LogP contribution < -0.4 is 5.32 Å². The molecule has 0 saturated carbocycles. The van der Waals surface area contributed by atoms with Gasteiger partial charge in [0.2, 0.25) is 0 Å². The molecule has 4 heteroatoms. The number of para-hydroxylation sites is 2. The van der Waals surface area contributed by atoms with Crippen molar-refractivity contribution < 1.29 is 0 Å². The second-order valence-corrected chi connectivity index (χ2v) is 5.60. The Hall–Kier alpha value is -2.00. The lowest BCUT2D eigenvalue weighted by Gasteiger charge is -2.11. The molecule has 1 N–H and O–H groups in total. The molecule has 1 aliphatic heterocycles. The number of aryl methyl sites for hydroxylation is 1. The normalized spacial score (nSPS) is 17.2. The first-order valence-electron chi connectivity index (χ1n) is 6.69. The monoisotopic (exact) mass is 283 g/mol. The van der Waals surface area contributed by atoms with Gasteiger partial charge < -0.3 is 9.88 Å². The number of rotatable bonds is 1. The van der Waals surface area contributed by atoms with Crippen LogP contribution in [0.4, 0.5) is 5.69 Å². The summed E-state index contributed by atoms with van der Waals surface area (Å²) >= 11 is 6.29. The molecule has 0 spiro atoms. The third kappa shape index (κ3) is 1.63. The molecular weight excluding hydrogens is 270 g/mol. The number of hydrogen-bond acceptors (Lipinski definition) is 2. The van der Waals surface area contributed by atoms with Gasteiger partial charge >= 0.3 is 0 Å². The number of fused-ring (bicyclic) bond motifs is 2. The first-order chi connectivity index (χ1) is 9.74. The molecular formula is C16H14ClN3. The fourth-order valence-electron chi connectivity index (χ4n) is 3.00. The molecule has 0 amide bonds. The van der Waals surface area contributed by atoms with E-state index in [0.29, 0.717) is 0 Å². The van der Waals surface area contributed by atoms with Crippen LogP contribution in [0.15, 0.2) is 42.5 Å². The standard InChI is InChI=1S/C16H14ClN3/c1-20-15-11(17)6-4-8-13(15)19-16(20)14-9-10-5-2-3-7-12(10)18-14/h2-8,14,18H,9H2,1H3. The van der Waals surface area contributed by atoms with E-state index in [0.717, 1.165) is 28.3 Å². The Morgan fingerprint density at radius 2 is 2.05 bits per heavy atom. The number of halogens is 1. The Morgan fingerprint density at radius 3 is 2.85 bits per heavy atom. The maximum Gasteiger partial charge on any atom is 0.132 e. The fraction of sp³-hybridized carbons (Fsp3) is 0.188. The van der Waals surface area contributed by atoms with Crippen molar-refractivity contribution in [1.29, 1.82) is 0 Å². The van der Waals surface area contributed by atoms with Crippen molar-refractivity contribution >= 4 is 28.3 Å². The van der Waals surface area contributed by atoms with Crippen molar-refractivity contribution in [1.82, 2.24) is 9.55 Å². The summed E-state index contributed by atoms with van der Waals surface area (Å²) in [4.78, 5) is 4.75. The van der Waals surface area contributed by atoms with Crippen LogP contribution in [-0.4, -0.2) is 9.55 Å². The lowest BCUT2D eigenvalue weighted by Crippen LogP contribution is -2.11. The molecule has 20 heavy (non-hydrogen) atoms. The number of imidazole rings is 1. The summed E-state index contributed by atoms with van der Waals surface area (Å²) < 4.78 is 2.10. The number of nitrogens with zero attached hydrogens (tertiary/aromatic N) is 2. The van der Waals surface area contributed by atoms with Gasteiger partial charge in [-0.3, -0.25) is 0 Å². The molecule has 0 fully saturated rings. The summed E-state index contributed by atoms with van der Waals surface area (Å²) in [6.45, 7) is 0. The van der Waals surface area contributed by atoms with Crippen LogP contribution in [0.1, 0.15) is 17.4 Å². The first kappa shape index (κ1) is 11.8. The second kappa shape index (κ2) is 4.25. The van der Waals surface area contributed by atoms with Crippen LogP contribution in [0.3, 0.4) is 0 Å². The molecule has 0 saturated heterocycles. The van der Waals surface area contributed by atoms with Gasteiger partial charge in [-0.2, -0.15) is 0 Å². The molecule has 0 bridgehead atoms. The highest BCUT2D eigenvalue weighted by atomic mass is 35.5. The second-order valence-electron chi connectivity index (χ2n) is 5.19. The lowest BCUT2D eigenvalue weighted by atomic mass is 10.1. The Bertz CT molecular complexity index is 782. The van der Waals surface area contributed by atoms with Gasteiger partial charge in [-0.1, -0.05) is 35.9 Å². The van der Waals surface area contributed by atoms with E-state index in [1.807, 2.05) is 25.2 Å². The maximum absolute atomic E-state index is 6.29. The predicted molar refractivity (Wildman–Crippen MR) is 82.2 cm³/mol. The van der Waals surface area contributed by atoms with Crippen LogP contribution in [0.5, 0.6) is 0 Å². The molecule has 3 nitrogen and oxygen atoms in total. The molecule has 1 atom stereocenters. The van der Waals surface area contributed by atoms with Crippen molar-refractivity contribution in [3.63, 3.8) is 0 Å². The highest BCUT2D eigenvalue weighted by Gasteiger charge is 2.26. The SMILES string of the molecule is Cn1c(C2Cc3ccccc3N2)nc2cccc(Cl)c21. The Labute approximate surface area is 122 Å². The van der Waals surface area contributed by atoms with E-state index in [1.165, 1.54) is 11.3 Å². The first-order valence-corrected chi connectivity index (χ1v) is 7.07. The van der Waals surface area contributed by atoms with Crippen LogP contribution in [0, 0.1) is 0 Å². The van der Waals surface area contributed by atoms with Gasteiger partial charge in [-0.25, -0.2) is 4.98 Å². The van der Waals surface area contributed by atoms with Crippen LogP contribution in [0.2, 0.25) is 5.02 Å². The summed E-state index contributed by atoms with van der Waals surface area (Å²) in [6.07, 6.45) is 0.963. The molecule has 2 heterocycles. The lowest BCUT2D eigenvalue weighted by molar-refractivity contribution is 0.704. The Kier molecular flexibility index (Phi) is 2.51. The number of benzene rings is 2. The van der Waals surface area contributed by atoms with Crippen LogP contribution in [0.25, 0.3) is 11.0 Å². The molecule has 0 aliphatic carbocycles. The van der Waals surface area contributed by atoms with Crippen LogP contribution >= 0.6 is 11.6 Å². The van der Waals surface area contributed by atoms with Gasteiger partial charge in [0.1, 0.15) is 5.82 Å². The van der Waals surface area contributed by atoms with Gasteiger partial charge in [-0.05, 0) is 23.8 Å². The van der Waals surface area contributed by atoms with E-state index in [2.05, 4.69) is 34.1 Å². The average molecular weight is 284 g/mol. The Morgan fingerprint density at radius 1 is 1.20 bits per heavy atom. The largest absolute Gasteiger partial charge is 0.375 e. The summed E-state index contributed by atoms with van der Waals surface area (Å²) in [7, 11) is 2.03. The minimum atomic E-state index is 0.209. The summed E-state index contributed by atoms with van der Waals surface area (Å²) in [6, 6.07) is 14.5. The van der Waals surface area contributed by atoms with Crippen molar-refractivity contribution in [2.24, 2.45) is 7.05 Å². The van der Waals surface area contributed by atoms with Gasteiger partial charge in [0.05, 0.1) is 22.1 Å². The Balaban J connectivity index is 1.81. The van der Waals surface area contributed by atoms with Gasteiger partial charge in [0, 0.05) is 19.2 Å². The molecule has 4 rings (SSSR count). The minimum absolute atomic E-state index is 0.209. The van der Waals surface area contributed by atoms with Gasteiger partial charge in [0.25, 0.3) is 0 Å². The van der Waals surface area contributed by atoms with Crippen molar-refractivity contribution in [2.45, 2.75) is 12.5 Å². The molecule has 0 radical (unpaired) electrons. The maximum atomic E-state index is 6.29. The number of nitrogens with one attached hydrogen (secondary N) is 1. The van der Waals surface area contributed by atoms with E-state index in [1.54, 1.807) is 0 Å². The topological polar surface area (TPSA) is 29.9 Å². The summed E-state index contributed by atoms with van der Waals surface area (Å²) in [5.41, 5.74) is 4.50. The molecule has 1 unspecified atom stereocenters. The molecule has 1 aromatic heterocycles. The van der Waals surface area contributed by atoms with Crippen molar-refractivity contribution in [2.75, 3.05) is 5.32 Å². The highest BCUT2D eigenvalue weighted by Crippen LogP contribution is 2.35. The number of hydrogen-bond donors (Lipinski definition) is 1. The summed E-state index contributed by atoms with van der Waals surface area (Å²) in [5.74, 6) is 1.03. The minimum Gasteiger partial charge on any atom is -0.375 e. The van der Waals surface area contributed by atoms with E-state index < -0.39 is 0 Å². The number of aromatic nitrogens is 2. The zero-order valence-corrected chi connectivity index (χ0v) is 11.9. The van der Waals surface area contributed by atoms with E-state index >= 15 is 0 Å². The average Bonchev–Trinajstić information content (AvgIpc) is 3.00. The predicted octanol–water partition coefficient (Wildman–Crippen LogP) is 3.94. The van der Waals surface area contributed by atoms with Crippen molar-refractivity contribution in [3.8, 4) is 0 Å². The third-order valence-corrected chi connectivity index (χ3v) is 4.27. The molecule has 100 valence electrons. The zero-order valence-electron chi connectivity index (χ0n) is 11.1. The summed E-state index contributed by atoms with van der Waals surface area (Å²) in [5, 5.41) is 4.29. The van der Waals surface area contributed by atoms with E-state index in [4.69, 9.17) is 16.6 Å². The van der Waals surface area contributed by atoms with Crippen LogP contribution in [-0.2, 0) is 13.5 Å². The zero-order chi connectivity index (χ0) is 13.7. The number of anilines is 1. The van der Waals surface area contributed by atoms with Gasteiger partial charge in [-0.15, -0.1) is 0 Å². The molecule has 3 aromatic rings. The van der Waals surface area contributed by atoms with Gasteiger partial charge in [0.15, 0.2) is 0 Å². The highest BCUT2D eigenvalue weighted by molar-refractivity contribution is 6.35. The van der Waals surface area contributed by atoms with Crippen molar-refractivity contribution in [3.05, 3.63) is 58.9 Å². The molecule has 1 aliphatic rings. The third-order valence-electron chi connectivity index (χ3n) is 3.96. The fourth-order valence-corrected chi connectivity index (χ4v) is 3.30. The quantitative estimate of drug-likeness (QED) is 0.733. The van der Waals surface area contributed by atoms with E-state index in [-0.39, 0.29) is 6.04 Å². The van der Waals surface area contributed by atoms with E-state index in [9.17, 15) is 0 Å². The smallest absolute Gasteiger partial charge is 0.132 e. The molecule has 2 aromatic carbocycles.